The van der Waals surface area contributed by atoms with Gasteiger partial charge in [-0.05, 0) is 48.6 Å². The van der Waals surface area contributed by atoms with Crippen molar-refractivity contribution < 1.29 is 45.4 Å². The number of carbonyl (C=O) groups is 1. The molecule has 0 atom stereocenters. The van der Waals surface area contributed by atoms with Gasteiger partial charge in [0.05, 0.1) is 17.5 Å². The van der Waals surface area contributed by atoms with Crippen molar-refractivity contribution in [1.29, 1.82) is 0 Å². The lowest BCUT2D eigenvalue weighted by molar-refractivity contribution is -0.192. The Hall–Kier alpha value is -4.16. The van der Waals surface area contributed by atoms with Crippen LogP contribution in [0.1, 0.15) is 41.9 Å². The minimum absolute atomic E-state index is 0.0409. The number of hydrogen-bond donors (Lipinski definition) is 2. The lowest BCUT2D eigenvalue weighted by Crippen LogP contribution is -2.21. The minimum Gasteiger partial charge on any atom is -0.486 e. The van der Waals surface area contributed by atoms with Crippen molar-refractivity contribution in [2.75, 3.05) is 0 Å². The molecule has 1 saturated carbocycles. The first-order valence-corrected chi connectivity index (χ1v) is 11.6. The smallest absolute Gasteiger partial charge is 0.486 e. The van der Waals surface area contributed by atoms with Gasteiger partial charge in [0.1, 0.15) is 12.1 Å². The van der Waals surface area contributed by atoms with Crippen molar-refractivity contribution in [1.82, 2.24) is 15.0 Å². The van der Waals surface area contributed by atoms with Crippen LogP contribution in [-0.2, 0) is 17.6 Å². The van der Waals surface area contributed by atoms with Crippen molar-refractivity contribution in [2.45, 2.75) is 44.1 Å². The predicted molar refractivity (Wildman–Crippen MR) is 125 cm³/mol. The number of aliphatic carboxylic acids is 1. The van der Waals surface area contributed by atoms with Crippen molar-refractivity contribution >= 4 is 17.1 Å². The largest absolute Gasteiger partial charge is 0.490 e. The fraction of sp³-hybridized carbons (Fsp3) is 0.269. The summed E-state index contributed by atoms with van der Waals surface area (Å²) in [5, 5.41) is 7.12. The van der Waals surface area contributed by atoms with Crippen LogP contribution in [0.15, 0.2) is 54.9 Å². The summed E-state index contributed by atoms with van der Waals surface area (Å²) in [4.78, 5) is 20.6. The fourth-order valence-corrected chi connectivity index (χ4v) is 3.86. The number of nitrogens with zero attached hydrogens (tertiary/aromatic N) is 2. The van der Waals surface area contributed by atoms with Crippen molar-refractivity contribution in [2.24, 2.45) is 0 Å². The van der Waals surface area contributed by atoms with Crippen LogP contribution in [0.3, 0.4) is 0 Å². The summed E-state index contributed by atoms with van der Waals surface area (Å²) in [6, 6.07) is 10.00. The van der Waals surface area contributed by atoms with E-state index in [-0.39, 0.29) is 23.8 Å². The number of carboxylic acids is 1. The van der Waals surface area contributed by atoms with Gasteiger partial charge in [-0.3, -0.25) is 0 Å². The fourth-order valence-electron chi connectivity index (χ4n) is 3.86. The van der Waals surface area contributed by atoms with Gasteiger partial charge in [-0.15, -0.1) is 0 Å². The van der Waals surface area contributed by atoms with E-state index in [1.807, 2.05) is 6.07 Å². The first kappa shape index (κ1) is 27.9. The summed E-state index contributed by atoms with van der Waals surface area (Å²) >= 11 is 0. The molecular weight excluding hydrogens is 535 g/mol. The van der Waals surface area contributed by atoms with Crippen LogP contribution >= 0.6 is 0 Å². The van der Waals surface area contributed by atoms with Crippen molar-refractivity contribution in [3.05, 3.63) is 77.4 Å². The molecule has 0 spiro atoms. The molecule has 4 aromatic rings. The molecule has 2 aromatic carbocycles. The van der Waals surface area contributed by atoms with Crippen LogP contribution in [0.2, 0.25) is 0 Å². The highest BCUT2D eigenvalue weighted by Gasteiger charge is 2.38. The highest BCUT2D eigenvalue weighted by molar-refractivity contribution is 5.75. The number of H-pyrrole nitrogens is 1. The summed E-state index contributed by atoms with van der Waals surface area (Å²) < 4.78 is 91.6. The Balaban J connectivity index is 0.000000448. The minimum atomic E-state index is -5.08. The average molecular weight is 555 g/mol. The predicted octanol–water partition coefficient (Wildman–Crippen LogP) is 7.26. The van der Waals surface area contributed by atoms with Gasteiger partial charge in [0.15, 0.2) is 17.2 Å². The van der Waals surface area contributed by atoms with E-state index in [9.17, 15) is 26.3 Å². The van der Waals surface area contributed by atoms with Gasteiger partial charge in [-0.1, -0.05) is 24.6 Å². The lowest BCUT2D eigenvalue weighted by atomic mass is 9.79. The maximum Gasteiger partial charge on any atom is 0.490 e. The highest BCUT2D eigenvalue weighted by atomic mass is 19.4. The van der Waals surface area contributed by atoms with Crippen LogP contribution in [0.5, 0.6) is 5.75 Å². The van der Waals surface area contributed by atoms with Crippen LogP contribution < -0.4 is 4.74 Å². The molecule has 0 radical (unpaired) electrons. The van der Waals surface area contributed by atoms with Gasteiger partial charge in [0.25, 0.3) is 0 Å². The number of ether oxygens (including phenoxy) is 1. The summed E-state index contributed by atoms with van der Waals surface area (Å²) in [5.74, 6) is -2.96. The van der Waals surface area contributed by atoms with Gasteiger partial charge in [-0.25, -0.2) is 19.2 Å². The van der Waals surface area contributed by atoms with Crippen molar-refractivity contribution in [3.63, 3.8) is 0 Å². The second kappa shape index (κ2) is 10.9. The monoisotopic (exact) mass is 555 g/mol. The molecular formula is C26H20F7N3O3. The van der Waals surface area contributed by atoms with E-state index in [0.29, 0.717) is 22.4 Å². The molecule has 2 N–H and O–H groups in total. The normalized spacial score (nSPS) is 13.9. The van der Waals surface area contributed by atoms with E-state index < -0.39 is 29.7 Å². The van der Waals surface area contributed by atoms with E-state index >= 15 is 4.39 Å². The molecule has 13 heteroatoms. The van der Waals surface area contributed by atoms with E-state index in [1.165, 1.54) is 18.3 Å². The third-order valence-electron chi connectivity index (χ3n) is 6.12. The Morgan fingerprint density at radius 1 is 1.03 bits per heavy atom. The molecule has 0 unspecified atom stereocenters. The maximum atomic E-state index is 15.6. The molecule has 0 amide bonds. The zero-order valence-electron chi connectivity index (χ0n) is 19.9. The van der Waals surface area contributed by atoms with Crippen LogP contribution in [0, 0.1) is 5.82 Å². The molecule has 5 rings (SSSR count). The van der Waals surface area contributed by atoms with Crippen molar-refractivity contribution in [3.8, 4) is 17.0 Å². The maximum absolute atomic E-state index is 15.6. The van der Waals surface area contributed by atoms with E-state index in [0.717, 1.165) is 37.0 Å². The number of alkyl halides is 6. The number of nitrogens with one attached hydrogen (secondary N) is 1. The third kappa shape index (κ3) is 6.47. The zero-order chi connectivity index (χ0) is 28.4. The van der Waals surface area contributed by atoms with E-state index in [1.54, 1.807) is 18.3 Å². The van der Waals surface area contributed by atoms with Gasteiger partial charge >= 0.3 is 18.3 Å². The van der Waals surface area contributed by atoms with E-state index in [4.69, 9.17) is 14.6 Å². The standard InChI is InChI=1S/C24H19F4N3O.C2HF3O2/c25-21-18(20-12-30-23-19(31-20)10-11-29-23)9-8-17(15-2-1-3-15)22(21)32-13-14-4-6-16(7-5-14)24(26,27)28;3-2(4,5)1(6)7/h4-12,15H,1-3,13H2,(H,29,30);(H,6,7). The van der Waals surface area contributed by atoms with Gasteiger partial charge in [0, 0.05) is 17.3 Å². The molecule has 0 aliphatic heterocycles. The molecule has 1 aliphatic carbocycles. The first-order chi connectivity index (χ1) is 18.3. The summed E-state index contributed by atoms with van der Waals surface area (Å²) in [6.45, 7) is -0.0409. The quantitative estimate of drug-likeness (QED) is 0.253. The molecule has 2 aromatic heterocycles. The highest BCUT2D eigenvalue weighted by Crippen LogP contribution is 2.44. The number of hydrogen-bond acceptors (Lipinski definition) is 4. The number of rotatable bonds is 5. The van der Waals surface area contributed by atoms with Gasteiger partial charge < -0.3 is 14.8 Å². The number of aromatic nitrogens is 3. The molecule has 1 fully saturated rings. The van der Waals surface area contributed by atoms with Gasteiger partial charge in [0.2, 0.25) is 0 Å². The molecule has 206 valence electrons. The van der Waals surface area contributed by atoms with Crippen LogP contribution in [0.25, 0.3) is 22.4 Å². The molecule has 2 heterocycles. The Morgan fingerprint density at radius 3 is 2.26 bits per heavy atom. The molecule has 6 nitrogen and oxygen atoms in total. The number of fused-ring (bicyclic) bond motifs is 1. The Kier molecular flexibility index (Phi) is 7.79. The Labute approximate surface area is 216 Å². The topological polar surface area (TPSA) is 88.1 Å². The van der Waals surface area contributed by atoms with Gasteiger partial charge in [-0.2, -0.15) is 26.3 Å². The molecule has 0 bridgehead atoms. The molecule has 39 heavy (non-hydrogen) atoms. The number of aromatic amines is 1. The second-order valence-electron chi connectivity index (χ2n) is 8.73. The van der Waals surface area contributed by atoms with Crippen LogP contribution in [-0.4, -0.2) is 32.2 Å². The third-order valence-corrected chi connectivity index (χ3v) is 6.12. The number of carboxylic acid groups (broad SMARTS) is 1. The summed E-state index contributed by atoms with van der Waals surface area (Å²) in [7, 11) is 0. The summed E-state index contributed by atoms with van der Waals surface area (Å²) in [6.07, 6.45) is -3.31. The second-order valence-corrected chi connectivity index (χ2v) is 8.73. The number of benzene rings is 2. The molecule has 0 saturated heterocycles. The molecule has 1 aliphatic rings. The van der Waals surface area contributed by atoms with E-state index in [2.05, 4.69) is 15.0 Å². The average Bonchev–Trinajstić information content (AvgIpc) is 3.30. The Morgan fingerprint density at radius 2 is 1.69 bits per heavy atom. The zero-order valence-corrected chi connectivity index (χ0v) is 19.9. The Bertz CT molecular complexity index is 1460. The van der Waals surface area contributed by atoms with Crippen LogP contribution in [0.4, 0.5) is 30.7 Å². The summed E-state index contributed by atoms with van der Waals surface area (Å²) in [5.41, 5.74) is 2.45. The SMILES string of the molecule is Fc1c(-c2cnc3[nH]ccc3n2)ccc(C2CCC2)c1OCc1ccc(C(F)(F)F)cc1.O=C(O)C(F)(F)F. The lowest BCUT2D eigenvalue weighted by Gasteiger charge is -2.28. The number of halogens is 7. The first-order valence-electron chi connectivity index (χ1n) is 11.6.